The number of aryl methyl sites for hydroxylation is 2. The molecular formula is C21H33NO4. The fourth-order valence-electron chi connectivity index (χ4n) is 2.23. The van der Waals surface area contributed by atoms with Gasteiger partial charge in [-0.15, -0.1) is 0 Å². The third-order valence-electron chi connectivity index (χ3n) is 3.80. The first kappa shape index (κ1) is 22.0. The number of nitrogens with one attached hydrogen (secondary N) is 1. The first-order chi connectivity index (χ1) is 11.8. The molecule has 5 heteroatoms. The van der Waals surface area contributed by atoms with Gasteiger partial charge in [-0.05, 0) is 78.5 Å². The minimum atomic E-state index is -0.586. The van der Waals surface area contributed by atoms with E-state index in [9.17, 15) is 9.59 Å². The fraction of sp³-hybridized carbons (Fsp3) is 0.619. The second-order valence-electron chi connectivity index (χ2n) is 8.81. The molecule has 1 amide bonds. The number of carbonyl (C=O) groups excluding carboxylic acids is 2. The number of amides is 1. The van der Waals surface area contributed by atoms with Crippen LogP contribution in [0.25, 0.3) is 0 Å². The maximum absolute atomic E-state index is 12.1. The zero-order valence-electron chi connectivity index (χ0n) is 17.4. The molecule has 0 aliphatic carbocycles. The second-order valence-corrected chi connectivity index (χ2v) is 8.81. The van der Waals surface area contributed by atoms with Crippen LogP contribution in [0.15, 0.2) is 18.2 Å². The molecule has 0 aliphatic rings. The second kappa shape index (κ2) is 8.56. The highest BCUT2D eigenvalue weighted by Crippen LogP contribution is 2.17. The van der Waals surface area contributed by atoms with Gasteiger partial charge in [0.1, 0.15) is 12.2 Å². The number of rotatable bonds is 5. The molecule has 0 aromatic heterocycles. The van der Waals surface area contributed by atoms with E-state index >= 15 is 0 Å². The Morgan fingerprint density at radius 3 is 2.15 bits per heavy atom. The van der Waals surface area contributed by atoms with Crippen molar-refractivity contribution in [3.05, 3.63) is 34.9 Å². The monoisotopic (exact) mass is 363 g/mol. The van der Waals surface area contributed by atoms with Crippen LogP contribution in [0.2, 0.25) is 0 Å². The van der Waals surface area contributed by atoms with Gasteiger partial charge in [-0.3, -0.25) is 4.79 Å². The summed E-state index contributed by atoms with van der Waals surface area (Å²) in [5.41, 5.74) is 2.30. The fourth-order valence-corrected chi connectivity index (χ4v) is 2.23. The Morgan fingerprint density at radius 1 is 1.04 bits per heavy atom. The molecule has 0 fully saturated rings. The molecule has 1 atom stereocenters. The van der Waals surface area contributed by atoms with Gasteiger partial charge in [0.25, 0.3) is 0 Å². The lowest BCUT2D eigenvalue weighted by molar-refractivity contribution is -0.153. The summed E-state index contributed by atoms with van der Waals surface area (Å²) in [6, 6.07) is 5.80. The summed E-state index contributed by atoms with van der Waals surface area (Å²) in [5, 5.41) is 2.82. The number of benzene rings is 1. The van der Waals surface area contributed by atoms with Crippen molar-refractivity contribution in [3.63, 3.8) is 0 Å². The number of alkyl carbamates (subject to hydrolysis) is 1. The third kappa shape index (κ3) is 7.89. The number of hydrogen-bond acceptors (Lipinski definition) is 4. The molecule has 146 valence electrons. The topological polar surface area (TPSA) is 64.6 Å². The zero-order valence-corrected chi connectivity index (χ0v) is 17.4. The van der Waals surface area contributed by atoms with Crippen molar-refractivity contribution in [2.45, 2.75) is 73.5 Å². The van der Waals surface area contributed by atoms with Crippen LogP contribution >= 0.6 is 0 Å². The van der Waals surface area contributed by atoms with Crippen LogP contribution in [-0.4, -0.2) is 30.3 Å². The van der Waals surface area contributed by atoms with E-state index in [1.165, 1.54) is 11.1 Å². The van der Waals surface area contributed by atoms with E-state index < -0.39 is 17.1 Å². The SMILES string of the molecule is Cc1ccc(CC(COC(=O)C(C)(C)C)NC(=O)OC(C)(C)C)cc1C. The van der Waals surface area contributed by atoms with Crippen LogP contribution < -0.4 is 5.32 Å². The van der Waals surface area contributed by atoms with Crippen molar-refractivity contribution in [2.24, 2.45) is 5.41 Å². The van der Waals surface area contributed by atoms with Gasteiger partial charge in [0.05, 0.1) is 11.5 Å². The molecular weight excluding hydrogens is 330 g/mol. The summed E-state index contributed by atoms with van der Waals surface area (Å²) in [5.74, 6) is -0.298. The molecule has 0 saturated heterocycles. The van der Waals surface area contributed by atoms with Crippen molar-refractivity contribution in [1.29, 1.82) is 0 Å². The first-order valence-corrected chi connectivity index (χ1v) is 9.01. The predicted octanol–water partition coefficient (Wildman–Crippen LogP) is 4.33. The first-order valence-electron chi connectivity index (χ1n) is 9.01. The number of ether oxygens (including phenoxy) is 2. The molecule has 0 bridgehead atoms. The number of carbonyl (C=O) groups is 2. The molecule has 0 radical (unpaired) electrons. The average Bonchev–Trinajstić information content (AvgIpc) is 2.45. The van der Waals surface area contributed by atoms with E-state index in [-0.39, 0.29) is 18.6 Å². The summed E-state index contributed by atoms with van der Waals surface area (Å²) < 4.78 is 10.7. The zero-order chi connectivity index (χ0) is 20.1. The Balaban J connectivity index is 2.84. The summed E-state index contributed by atoms with van der Waals surface area (Å²) in [6.45, 7) is 15.0. The third-order valence-corrected chi connectivity index (χ3v) is 3.80. The molecule has 1 aromatic rings. The van der Waals surface area contributed by atoms with Gasteiger partial charge in [0.15, 0.2) is 0 Å². The van der Waals surface area contributed by atoms with Crippen LogP contribution in [0.3, 0.4) is 0 Å². The van der Waals surface area contributed by atoms with Crippen LogP contribution in [-0.2, 0) is 20.7 Å². The van der Waals surface area contributed by atoms with Crippen LogP contribution in [0, 0.1) is 19.3 Å². The van der Waals surface area contributed by atoms with E-state index in [0.717, 1.165) is 5.56 Å². The summed E-state index contributed by atoms with van der Waals surface area (Å²) in [7, 11) is 0. The smallest absolute Gasteiger partial charge is 0.408 e. The largest absolute Gasteiger partial charge is 0.463 e. The van der Waals surface area contributed by atoms with E-state index in [1.54, 1.807) is 20.8 Å². The van der Waals surface area contributed by atoms with Gasteiger partial charge in [0.2, 0.25) is 0 Å². The quantitative estimate of drug-likeness (QED) is 0.791. The standard InChI is InChI=1S/C21H33NO4/c1-14-9-10-16(11-15(14)2)12-17(13-25-18(23)20(3,4)5)22-19(24)26-21(6,7)8/h9-11,17H,12-13H2,1-8H3,(H,22,24). The van der Waals surface area contributed by atoms with Crippen molar-refractivity contribution >= 4 is 12.1 Å². The molecule has 5 nitrogen and oxygen atoms in total. The Labute approximate surface area is 157 Å². The molecule has 0 aliphatic heterocycles. The van der Waals surface area contributed by atoms with Crippen LogP contribution in [0.5, 0.6) is 0 Å². The summed E-state index contributed by atoms with van der Waals surface area (Å²) >= 11 is 0. The molecule has 0 heterocycles. The summed E-state index contributed by atoms with van der Waals surface area (Å²) in [6.07, 6.45) is 0.0377. The van der Waals surface area contributed by atoms with Gasteiger partial charge < -0.3 is 14.8 Å². The highest BCUT2D eigenvalue weighted by Gasteiger charge is 2.26. The average molecular weight is 363 g/mol. The van der Waals surface area contributed by atoms with Crippen molar-refractivity contribution in [3.8, 4) is 0 Å². The van der Waals surface area contributed by atoms with Gasteiger partial charge in [-0.2, -0.15) is 0 Å². The Kier molecular flexibility index (Phi) is 7.25. The van der Waals surface area contributed by atoms with E-state index in [0.29, 0.717) is 6.42 Å². The maximum atomic E-state index is 12.1. The molecule has 0 spiro atoms. The van der Waals surface area contributed by atoms with E-state index in [4.69, 9.17) is 9.47 Å². The predicted molar refractivity (Wildman–Crippen MR) is 103 cm³/mol. The van der Waals surface area contributed by atoms with Crippen molar-refractivity contribution < 1.29 is 19.1 Å². The number of hydrogen-bond donors (Lipinski definition) is 1. The van der Waals surface area contributed by atoms with E-state index in [2.05, 4.69) is 31.3 Å². The minimum absolute atomic E-state index is 0.0995. The maximum Gasteiger partial charge on any atom is 0.408 e. The normalized spacial score (nSPS) is 13.1. The molecule has 0 saturated carbocycles. The van der Waals surface area contributed by atoms with Crippen LogP contribution in [0.1, 0.15) is 58.2 Å². The van der Waals surface area contributed by atoms with Gasteiger partial charge >= 0.3 is 12.1 Å². The molecule has 1 aromatic carbocycles. The molecule has 26 heavy (non-hydrogen) atoms. The Morgan fingerprint density at radius 2 is 1.65 bits per heavy atom. The Hall–Kier alpha value is -2.04. The lowest BCUT2D eigenvalue weighted by atomic mass is 9.97. The molecule has 1 N–H and O–H groups in total. The van der Waals surface area contributed by atoms with Gasteiger partial charge in [0, 0.05) is 0 Å². The highest BCUT2D eigenvalue weighted by atomic mass is 16.6. The highest BCUT2D eigenvalue weighted by molar-refractivity contribution is 5.75. The molecule has 1 rings (SSSR count). The number of esters is 1. The summed E-state index contributed by atoms with van der Waals surface area (Å²) in [4.78, 5) is 24.2. The lowest BCUT2D eigenvalue weighted by Gasteiger charge is -2.25. The van der Waals surface area contributed by atoms with Gasteiger partial charge in [-0.25, -0.2) is 4.79 Å². The van der Waals surface area contributed by atoms with Gasteiger partial charge in [-0.1, -0.05) is 18.2 Å². The van der Waals surface area contributed by atoms with Crippen molar-refractivity contribution in [2.75, 3.05) is 6.61 Å². The van der Waals surface area contributed by atoms with Crippen LogP contribution in [0.4, 0.5) is 4.79 Å². The minimum Gasteiger partial charge on any atom is -0.463 e. The van der Waals surface area contributed by atoms with Crippen molar-refractivity contribution in [1.82, 2.24) is 5.32 Å². The molecule has 1 unspecified atom stereocenters. The Bertz CT molecular complexity index is 638. The van der Waals surface area contributed by atoms with E-state index in [1.807, 2.05) is 26.8 Å². The lowest BCUT2D eigenvalue weighted by Crippen LogP contribution is -2.43.